The number of anilines is 1. The van der Waals surface area contributed by atoms with Crippen molar-refractivity contribution in [3.8, 4) is 0 Å². The lowest BCUT2D eigenvalue weighted by Crippen LogP contribution is -2.37. The maximum Gasteiger partial charge on any atom is 0.255 e. The first kappa shape index (κ1) is 19.4. The Morgan fingerprint density at radius 2 is 2.03 bits per heavy atom. The van der Waals surface area contributed by atoms with Crippen molar-refractivity contribution >= 4 is 29.1 Å². The Balaban J connectivity index is 1.81. The molecule has 4 rings (SSSR count). The van der Waals surface area contributed by atoms with Crippen LogP contribution in [0.2, 0.25) is 5.02 Å². The Kier molecular flexibility index (Phi) is 5.24. The summed E-state index contributed by atoms with van der Waals surface area (Å²) in [5, 5.41) is 6.77. The molecule has 0 spiro atoms. The summed E-state index contributed by atoms with van der Waals surface area (Å²) >= 11 is 6.25. The summed E-state index contributed by atoms with van der Waals surface area (Å²) in [6, 6.07) is 12.7. The maximum absolute atomic E-state index is 13.3. The van der Waals surface area contributed by atoms with Gasteiger partial charge in [0, 0.05) is 46.1 Å². The molecule has 0 radical (unpaired) electrons. The minimum atomic E-state index is -0.464. The predicted molar refractivity (Wildman–Crippen MR) is 113 cm³/mol. The molecule has 5 nitrogen and oxygen atoms in total. The molecule has 1 aliphatic heterocycles. The lowest BCUT2D eigenvalue weighted by Gasteiger charge is -2.36. The number of nitrogens with one attached hydrogen (secondary N) is 2. The molecule has 148 valence electrons. The highest BCUT2D eigenvalue weighted by Crippen LogP contribution is 2.43. The predicted octanol–water partition coefficient (Wildman–Crippen LogP) is 4.59. The van der Waals surface area contributed by atoms with Gasteiger partial charge in [0.05, 0.1) is 0 Å². The summed E-state index contributed by atoms with van der Waals surface area (Å²) < 4.78 is 0. The fraction of sp³-hybridized carbons (Fsp3) is 0.261. The van der Waals surface area contributed by atoms with Gasteiger partial charge in [0.2, 0.25) is 0 Å². The van der Waals surface area contributed by atoms with E-state index in [1.165, 1.54) is 0 Å². The summed E-state index contributed by atoms with van der Waals surface area (Å²) in [4.78, 5) is 30.5. The molecule has 0 bridgehead atoms. The number of hydrogen-bond donors (Lipinski definition) is 2. The number of ketones is 1. The van der Waals surface area contributed by atoms with Crippen LogP contribution in [-0.2, 0) is 9.59 Å². The Labute approximate surface area is 174 Å². The second-order valence-corrected chi connectivity index (χ2v) is 8.09. The molecule has 2 atom stereocenters. The molecular formula is C23H22ClN3O2. The van der Waals surface area contributed by atoms with E-state index in [0.717, 1.165) is 23.4 Å². The number of allylic oxidation sites excluding steroid dienone is 3. The van der Waals surface area contributed by atoms with Crippen molar-refractivity contribution in [2.24, 2.45) is 5.92 Å². The molecule has 2 aromatic rings. The largest absolute Gasteiger partial charge is 0.362 e. The Bertz CT molecular complexity index is 1040. The van der Waals surface area contributed by atoms with Crippen LogP contribution in [0.1, 0.15) is 38.2 Å². The molecule has 2 aliphatic rings. The van der Waals surface area contributed by atoms with Gasteiger partial charge in [-0.15, -0.1) is 0 Å². The molecule has 1 amide bonds. The smallest absolute Gasteiger partial charge is 0.255 e. The quantitative estimate of drug-likeness (QED) is 0.780. The first-order chi connectivity index (χ1) is 13.9. The second kappa shape index (κ2) is 7.84. The molecule has 2 N–H and O–H groups in total. The number of rotatable bonds is 3. The van der Waals surface area contributed by atoms with E-state index in [4.69, 9.17) is 11.6 Å². The summed E-state index contributed by atoms with van der Waals surface area (Å²) in [5.41, 5.74) is 3.66. The van der Waals surface area contributed by atoms with Crippen molar-refractivity contribution in [1.82, 2.24) is 10.3 Å². The van der Waals surface area contributed by atoms with Crippen LogP contribution >= 0.6 is 11.6 Å². The Morgan fingerprint density at radius 1 is 1.21 bits per heavy atom. The standard InChI is InChI=1S/C23H22ClN3O2/c1-13-10-17-22(18(28)11-13)21(15-6-5-7-16(24)12-15)20(14(2)26-17)23(29)27-19-8-3-4-9-25-19/h3-9,12-13,21,26H,10-11H2,1-2H3,(H,25,27,29)/t13-,21+/m1/s1. The minimum Gasteiger partial charge on any atom is -0.362 e. The SMILES string of the molecule is CC1=C(C(=O)Nc2ccccn2)[C@H](c2cccc(Cl)c2)C2=C(C[C@@H](C)CC2=O)N1. The van der Waals surface area contributed by atoms with Gasteiger partial charge in [-0.05, 0) is 49.1 Å². The van der Waals surface area contributed by atoms with Gasteiger partial charge in [0.1, 0.15) is 5.82 Å². The number of halogens is 1. The summed E-state index contributed by atoms with van der Waals surface area (Å²) in [7, 11) is 0. The van der Waals surface area contributed by atoms with Crippen molar-refractivity contribution in [1.29, 1.82) is 0 Å². The number of carbonyl (C=O) groups excluding carboxylic acids is 2. The minimum absolute atomic E-state index is 0.0758. The van der Waals surface area contributed by atoms with Crippen LogP contribution in [0, 0.1) is 5.92 Å². The van der Waals surface area contributed by atoms with Crippen molar-refractivity contribution in [3.05, 3.63) is 81.8 Å². The lowest BCUT2D eigenvalue weighted by atomic mass is 9.73. The Morgan fingerprint density at radius 3 is 2.76 bits per heavy atom. The molecule has 0 fully saturated rings. The number of amides is 1. The van der Waals surface area contributed by atoms with Crippen LogP contribution < -0.4 is 10.6 Å². The molecule has 1 aromatic carbocycles. The van der Waals surface area contributed by atoms with E-state index in [2.05, 4.69) is 22.5 Å². The molecule has 6 heteroatoms. The molecule has 1 aliphatic carbocycles. The third-order valence-electron chi connectivity index (χ3n) is 5.36. The highest BCUT2D eigenvalue weighted by Gasteiger charge is 2.39. The number of hydrogen-bond acceptors (Lipinski definition) is 4. The van der Waals surface area contributed by atoms with E-state index >= 15 is 0 Å². The third-order valence-corrected chi connectivity index (χ3v) is 5.60. The third kappa shape index (κ3) is 3.83. The van der Waals surface area contributed by atoms with Crippen molar-refractivity contribution in [2.45, 2.75) is 32.6 Å². The van der Waals surface area contributed by atoms with E-state index in [1.54, 1.807) is 24.4 Å². The summed E-state index contributed by atoms with van der Waals surface area (Å²) in [6.07, 6.45) is 2.88. The Hall–Kier alpha value is -2.92. The van der Waals surface area contributed by atoms with E-state index in [-0.39, 0.29) is 17.6 Å². The fourth-order valence-corrected chi connectivity index (χ4v) is 4.37. The molecule has 0 saturated carbocycles. The van der Waals surface area contributed by atoms with Gasteiger partial charge in [0.15, 0.2) is 5.78 Å². The van der Waals surface area contributed by atoms with Crippen molar-refractivity contribution in [2.75, 3.05) is 5.32 Å². The fourth-order valence-electron chi connectivity index (χ4n) is 4.17. The normalized spacial score (nSPS) is 21.6. The number of Topliss-reactive ketones (excluding diaryl/α,β-unsaturated/α-hetero) is 1. The number of aromatic nitrogens is 1. The van der Waals surface area contributed by atoms with Gasteiger partial charge in [-0.25, -0.2) is 4.98 Å². The summed E-state index contributed by atoms with van der Waals surface area (Å²) in [5.74, 6) is 0.0636. The van der Waals surface area contributed by atoms with Gasteiger partial charge >= 0.3 is 0 Å². The highest BCUT2D eigenvalue weighted by molar-refractivity contribution is 6.30. The zero-order chi connectivity index (χ0) is 20.5. The maximum atomic E-state index is 13.3. The van der Waals surface area contributed by atoms with Crippen LogP contribution in [0.4, 0.5) is 5.82 Å². The number of pyridine rings is 1. The van der Waals surface area contributed by atoms with E-state index in [9.17, 15) is 9.59 Å². The van der Waals surface area contributed by atoms with Crippen LogP contribution in [-0.4, -0.2) is 16.7 Å². The monoisotopic (exact) mass is 407 g/mol. The molecule has 0 unspecified atom stereocenters. The van der Waals surface area contributed by atoms with E-state index in [1.807, 2.05) is 31.2 Å². The van der Waals surface area contributed by atoms with Gasteiger partial charge in [0.25, 0.3) is 5.91 Å². The van der Waals surface area contributed by atoms with Crippen LogP contribution in [0.5, 0.6) is 0 Å². The average molecular weight is 408 g/mol. The number of benzene rings is 1. The lowest BCUT2D eigenvalue weighted by molar-refractivity contribution is -0.117. The van der Waals surface area contributed by atoms with E-state index < -0.39 is 5.92 Å². The van der Waals surface area contributed by atoms with Crippen molar-refractivity contribution < 1.29 is 9.59 Å². The zero-order valence-electron chi connectivity index (χ0n) is 16.3. The zero-order valence-corrected chi connectivity index (χ0v) is 17.1. The first-order valence-electron chi connectivity index (χ1n) is 9.66. The van der Waals surface area contributed by atoms with Crippen LogP contribution in [0.15, 0.2) is 71.2 Å². The van der Waals surface area contributed by atoms with Gasteiger partial charge in [-0.3, -0.25) is 9.59 Å². The second-order valence-electron chi connectivity index (χ2n) is 7.65. The first-order valence-corrected chi connectivity index (χ1v) is 10.0. The number of dihydropyridines is 1. The van der Waals surface area contributed by atoms with Gasteiger partial charge < -0.3 is 10.6 Å². The van der Waals surface area contributed by atoms with Crippen molar-refractivity contribution in [3.63, 3.8) is 0 Å². The van der Waals surface area contributed by atoms with Crippen LogP contribution in [0.3, 0.4) is 0 Å². The molecule has 29 heavy (non-hydrogen) atoms. The highest BCUT2D eigenvalue weighted by atomic mass is 35.5. The summed E-state index contributed by atoms with van der Waals surface area (Å²) in [6.45, 7) is 3.94. The van der Waals surface area contributed by atoms with Gasteiger partial charge in [-0.1, -0.05) is 36.7 Å². The average Bonchev–Trinajstić information content (AvgIpc) is 2.67. The molecule has 2 heterocycles. The van der Waals surface area contributed by atoms with Crippen LogP contribution in [0.25, 0.3) is 0 Å². The number of carbonyl (C=O) groups is 2. The number of nitrogens with zero attached hydrogens (tertiary/aromatic N) is 1. The molecule has 1 aromatic heterocycles. The van der Waals surface area contributed by atoms with E-state index in [0.29, 0.717) is 28.4 Å². The molecular weight excluding hydrogens is 386 g/mol. The van der Waals surface area contributed by atoms with Gasteiger partial charge in [-0.2, -0.15) is 0 Å². The molecule has 0 saturated heterocycles. The topological polar surface area (TPSA) is 71.1 Å².